The average molecular weight is 395 g/mol. The summed E-state index contributed by atoms with van der Waals surface area (Å²) >= 11 is 0. The first-order chi connectivity index (χ1) is 12.9. The van der Waals surface area contributed by atoms with Gasteiger partial charge in [0.25, 0.3) is 5.91 Å². The van der Waals surface area contributed by atoms with Crippen LogP contribution in [0.2, 0.25) is 0 Å². The van der Waals surface area contributed by atoms with Crippen molar-refractivity contribution in [1.29, 1.82) is 0 Å². The number of benzene rings is 1. The molecule has 0 unspecified atom stereocenters. The number of rotatable bonds is 8. The van der Waals surface area contributed by atoms with Gasteiger partial charge in [-0.3, -0.25) is 9.59 Å². The number of amides is 1. The van der Waals surface area contributed by atoms with E-state index < -0.39 is 22.4 Å². The summed E-state index contributed by atoms with van der Waals surface area (Å²) in [6.07, 6.45) is 2.82. The molecule has 1 saturated heterocycles. The van der Waals surface area contributed by atoms with E-state index in [1.807, 2.05) is 0 Å². The smallest absolute Gasteiger partial charge is 0.344 e. The van der Waals surface area contributed by atoms with Crippen LogP contribution in [-0.4, -0.2) is 68.3 Å². The lowest BCUT2D eigenvalue weighted by Crippen LogP contribution is -2.45. The second kappa shape index (κ2) is 8.08. The molecule has 0 radical (unpaired) electrons. The van der Waals surface area contributed by atoms with Crippen molar-refractivity contribution in [3.8, 4) is 5.75 Å². The predicted molar refractivity (Wildman–Crippen MR) is 95.2 cm³/mol. The van der Waals surface area contributed by atoms with Crippen molar-refractivity contribution in [3.63, 3.8) is 0 Å². The molecule has 0 N–H and O–H groups in total. The minimum atomic E-state index is -3.10. The molecule has 27 heavy (non-hydrogen) atoms. The minimum absolute atomic E-state index is 0.0247. The second-order valence-electron chi connectivity index (χ2n) is 6.73. The maximum Gasteiger partial charge on any atom is 0.344 e. The number of hydrogen-bond acceptors (Lipinski definition) is 7. The summed E-state index contributed by atoms with van der Waals surface area (Å²) in [6, 6.07) is 5.93. The molecule has 2 aliphatic rings. The Hall–Kier alpha value is -2.42. The summed E-state index contributed by atoms with van der Waals surface area (Å²) in [5, 5.41) is 0. The van der Waals surface area contributed by atoms with Crippen LogP contribution in [0, 0.1) is 0 Å². The maximum atomic E-state index is 12.5. The van der Waals surface area contributed by atoms with Crippen molar-refractivity contribution < 1.29 is 32.3 Å². The number of sulfone groups is 1. The Morgan fingerprint density at radius 1 is 1.07 bits per heavy atom. The van der Waals surface area contributed by atoms with Crippen molar-refractivity contribution in [2.45, 2.75) is 31.3 Å². The van der Waals surface area contributed by atoms with Crippen molar-refractivity contribution in [2.24, 2.45) is 0 Å². The first-order valence-electron chi connectivity index (χ1n) is 8.73. The lowest BCUT2D eigenvalue weighted by molar-refractivity contribution is -0.154. The lowest BCUT2D eigenvalue weighted by Gasteiger charge is -2.28. The van der Waals surface area contributed by atoms with E-state index in [0.29, 0.717) is 24.0 Å². The third-order valence-electron chi connectivity index (χ3n) is 4.56. The molecule has 1 aromatic carbocycles. The molecule has 1 aromatic rings. The zero-order valence-corrected chi connectivity index (χ0v) is 15.5. The molecular weight excluding hydrogens is 374 g/mol. The quantitative estimate of drug-likeness (QED) is 0.468. The molecule has 9 heteroatoms. The SMILES string of the molecule is O=Cc1ccc(OCC(=O)OCC(=O)N(C2CC2)[C@H]2CCS(=O)(=O)C2)cc1. The van der Waals surface area contributed by atoms with Gasteiger partial charge < -0.3 is 14.4 Å². The van der Waals surface area contributed by atoms with E-state index in [0.717, 1.165) is 12.8 Å². The van der Waals surface area contributed by atoms with Crippen LogP contribution in [-0.2, 0) is 24.2 Å². The maximum absolute atomic E-state index is 12.5. The van der Waals surface area contributed by atoms with Gasteiger partial charge in [0.1, 0.15) is 12.0 Å². The number of nitrogens with zero attached hydrogens (tertiary/aromatic N) is 1. The summed E-state index contributed by atoms with van der Waals surface area (Å²) in [5.41, 5.74) is 0.490. The third-order valence-corrected chi connectivity index (χ3v) is 6.31. The Balaban J connectivity index is 1.46. The van der Waals surface area contributed by atoms with Crippen molar-refractivity contribution in [2.75, 3.05) is 24.7 Å². The summed E-state index contributed by atoms with van der Waals surface area (Å²) in [4.78, 5) is 36.4. The van der Waals surface area contributed by atoms with E-state index in [1.54, 1.807) is 29.2 Å². The molecule has 0 spiro atoms. The van der Waals surface area contributed by atoms with Gasteiger partial charge in [0.15, 0.2) is 23.1 Å². The van der Waals surface area contributed by atoms with Gasteiger partial charge in [-0.05, 0) is 43.5 Å². The fourth-order valence-corrected chi connectivity index (χ4v) is 4.81. The van der Waals surface area contributed by atoms with Crippen molar-refractivity contribution in [1.82, 2.24) is 4.90 Å². The van der Waals surface area contributed by atoms with Crippen LogP contribution in [0.3, 0.4) is 0 Å². The normalized spacial score (nSPS) is 20.7. The Bertz CT molecular complexity index is 815. The molecule has 3 rings (SSSR count). The fraction of sp³-hybridized carbons (Fsp3) is 0.500. The van der Waals surface area contributed by atoms with Gasteiger partial charge >= 0.3 is 5.97 Å². The molecule has 1 atom stereocenters. The fourth-order valence-electron chi connectivity index (χ4n) is 3.10. The van der Waals surface area contributed by atoms with E-state index in [-0.39, 0.29) is 36.1 Å². The number of hydrogen-bond donors (Lipinski definition) is 0. The van der Waals surface area contributed by atoms with E-state index in [2.05, 4.69) is 0 Å². The van der Waals surface area contributed by atoms with Crippen LogP contribution in [0.5, 0.6) is 5.75 Å². The van der Waals surface area contributed by atoms with Crippen LogP contribution in [0.25, 0.3) is 0 Å². The predicted octanol–water partition coefficient (Wildman–Crippen LogP) is 0.599. The summed E-state index contributed by atoms with van der Waals surface area (Å²) in [5.74, 6) is -0.603. The van der Waals surface area contributed by atoms with Crippen molar-refractivity contribution >= 4 is 28.0 Å². The molecule has 1 amide bonds. The van der Waals surface area contributed by atoms with E-state index in [1.165, 1.54) is 0 Å². The Morgan fingerprint density at radius 2 is 1.78 bits per heavy atom. The molecule has 0 aromatic heterocycles. The van der Waals surface area contributed by atoms with Crippen LogP contribution in [0.15, 0.2) is 24.3 Å². The molecule has 2 fully saturated rings. The van der Waals surface area contributed by atoms with Gasteiger partial charge in [-0.25, -0.2) is 13.2 Å². The number of carbonyl (C=O) groups excluding carboxylic acids is 3. The zero-order chi connectivity index (χ0) is 19.4. The van der Waals surface area contributed by atoms with E-state index >= 15 is 0 Å². The molecular formula is C18H21NO7S. The van der Waals surface area contributed by atoms with Crippen molar-refractivity contribution in [3.05, 3.63) is 29.8 Å². The molecule has 1 saturated carbocycles. The summed E-state index contributed by atoms with van der Waals surface area (Å²) < 4.78 is 33.6. The highest BCUT2D eigenvalue weighted by atomic mass is 32.2. The van der Waals surface area contributed by atoms with Gasteiger partial charge in [-0.1, -0.05) is 0 Å². The number of aldehydes is 1. The Kier molecular flexibility index (Phi) is 5.79. The highest BCUT2D eigenvalue weighted by molar-refractivity contribution is 7.91. The standard InChI is InChI=1S/C18H21NO7S/c20-9-13-1-5-16(6-2-13)25-11-18(22)26-10-17(21)19(14-3-4-14)15-7-8-27(23,24)12-15/h1-2,5-6,9,14-15H,3-4,7-8,10-12H2/t15-/m0/s1. The monoisotopic (exact) mass is 395 g/mol. The Morgan fingerprint density at radius 3 is 2.33 bits per heavy atom. The van der Waals surface area contributed by atoms with Gasteiger partial charge in [0.05, 0.1) is 11.5 Å². The van der Waals surface area contributed by atoms with Gasteiger partial charge in [0, 0.05) is 17.6 Å². The van der Waals surface area contributed by atoms with Gasteiger partial charge in [-0.2, -0.15) is 0 Å². The van der Waals surface area contributed by atoms with E-state index in [9.17, 15) is 22.8 Å². The molecule has 1 heterocycles. The average Bonchev–Trinajstić information content (AvgIpc) is 3.41. The van der Waals surface area contributed by atoms with Crippen LogP contribution in [0.1, 0.15) is 29.6 Å². The summed E-state index contributed by atoms with van der Waals surface area (Å²) in [6.45, 7) is -0.797. The van der Waals surface area contributed by atoms with E-state index in [4.69, 9.17) is 9.47 Å². The van der Waals surface area contributed by atoms with Gasteiger partial charge in [0.2, 0.25) is 0 Å². The molecule has 1 aliphatic carbocycles. The third kappa shape index (κ3) is 5.29. The highest BCUT2D eigenvalue weighted by Crippen LogP contribution is 2.32. The lowest BCUT2D eigenvalue weighted by atomic mass is 10.2. The number of esters is 1. The largest absolute Gasteiger partial charge is 0.482 e. The van der Waals surface area contributed by atoms with Gasteiger partial charge in [-0.15, -0.1) is 0 Å². The first-order valence-corrected chi connectivity index (χ1v) is 10.6. The van der Waals surface area contributed by atoms with Crippen LogP contribution < -0.4 is 4.74 Å². The minimum Gasteiger partial charge on any atom is -0.482 e. The second-order valence-corrected chi connectivity index (χ2v) is 8.95. The van der Waals surface area contributed by atoms with Crippen LogP contribution in [0.4, 0.5) is 0 Å². The molecule has 0 bridgehead atoms. The summed E-state index contributed by atoms with van der Waals surface area (Å²) in [7, 11) is -3.10. The Labute approximate surface area is 157 Å². The first kappa shape index (κ1) is 19.3. The molecule has 8 nitrogen and oxygen atoms in total. The highest BCUT2D eigenvalue weighted by Gasteiger charge is 2.42. The zero-order valence-electron chi connectivity index (χ0n) is 14.7. The molecule has 1 aliphatic heterocycles. The number of ether oxygens (including phenoxy) is 2. The number of carbonyl (C=O) groups is 3. The molecule has 146 valence electrons. The van der Waals surface area contributed by atoms with Crippen LogP contribution >= 0.6 is 0 Å². The topological polar surface area (TPSA) is 107 Å².